The molecule has 0 saturated carbocycles. The molecule has 10 heteroatoms. The van der Waals surface area contributed by atoms with Gasteiger partial charge in [0.1, 0.15) is 5.01 Å². The van der Waals surface area contributed by atoms with E-state index in [2.05, 4.69) is 34.1 Å². The minimum atomic E-state index is -5.08. The number of hydrogen-bond acceptors (Lipinski definition) is 5. The van der Waals surface area contributed by atoms with Crippen molar-refractivity contribution in [3.05, 3.63) is 52.5 Å². The number of carboxylic acids is 1. The zero-order valence-corrected chi connectivity index (χ0v) is 17.1. The van der Waals surface area contributed by atoms with Crippen LogP contribution in [0.5, 0.6) is 0 Å². The molecule has 0 aliphatic carbocycles. The van der Waals surface area contributed by atoms with Gasteiger partial charge in [0, 0.05) is 44.2 Å². The van der Waals surface area contributed by atoms with Gasteiger partial charge in [-0.3, -0.25) is 9.69 Å². The summed E-state index contributed by atoms with van der Waals surface area (Å²) in [6.45, 7) is 3.49. The largest absolute Gasteiger partial charge is 0.490 e. The molecule has 2 aromatic rings. The van der Waals surface area contributed by atoms with Gasteiger partial charge in [0.2, 0.25) is 5.91 Å². The molecule has 2 aliphatic rings. The molecule has 0 bridgehead atoms. The number of rotatable bonds is 3. The average Bonchev–Trinajstić information content (AvgIpc) is 3.40. The molecule has 0 radical (unpaired) electrons. The minimum Gasteiger partial charge on any atom is -0.475 e. The first-order valence-electron chi connectivity index (χ1n) is 9.35. The Bertz CT molecular complexity index is 876. The van der Waals surface area contributed by atoms with Gasteiger partial charge >= 0.3 is 12.1 Å². The molecule has 30 heavy (non-hydrogen) atoms. The van der Waals surface area contributed by atoms with Crippen molar-refractivity contribution in [3.8, 4) is 0 Å². The maximum Gasteiger partial charge on any atom is 0.490 e. The Hall–Kier alpha value is -2.46. The lowest BCUT2D eigenvalue weighted by Gasteiger charge is -2.28. The zero-order chi connectivity index (χ0) is 21.9. The summed E-state index contributed by atoms with van der Waals surface area (Å²) in [5, 5.41) is 10.3. The summed E-state index contributed by atoms with van der Waals surface area (Å²) in [5.41, 5.74) is 1.03. The van der Waals surface area contributed by atoms with E-state index in [0.29, 0.717) is 5.91 Å². The summed E-state index contributed by atoms with van der Waals surface area (Å²) < 4.78 is 31.7. The fourth-order valence-electron chi connectivity index (χ4n) is 4.19. The Labute approximate surface area is 175 Å². The van der Waals surface area contributed by atoms with E-state index in [-0.39, 0.29) is 11.3 Å². The first-order valence-corrected chi connectivity index (χ1v) is 10.2. The van der Waals surface area contributed by atoms with E-state index in [1.165, 1.54) is 5.56 Å². The number of benzene rings is 1. The number of nitrogens with zero attached hydrogens (tertiary/aromatic N) is 3. The van der Waals surface area contributed by atoms with Crippen LogP contribution < -0.4 is 0 Å². The summed E-state index contributed by atoms with van der Waals surface area (Å²) in [6, 6.07) is 10.5. The molecule has 1 aromatic heterocycles. The maximum atomic E-state index is 12.9. The van der Waals surface area contributed by atoms with Gasteiger partial charge in [0.05, 0.1) is 12.0 Å². The van der Waals surface area contributed by atoms with Gasteiger partial charge in [-0.25, -0.2) is 9.78 Å². The van der Waals surface area contributed by atoms with Crippen molar-refractivity contribution in [1.29, 1.82) is 0 Å². The Morgan fingerprint density at radius 1 is 1.33 bits per heavy atom. The predicted molar refractivity (Wildman–Crippen MR) is 105 cm³/mol. The molecule has 1 amide bonds. The molecule has 1 aromatic carbocycles. The Balaban J connectivity index is 0.000000318. The lowest BCUT2D eigenvalue weighted by Crippen LogP contribution is -2.38. The van der Waals surface area contributed by atoms with Crippen molar-refractivity contribution in [2.24, 2.45) is 5.41 Å². The lowest BCUT2D eigenvalue weighted by atomic mass is 9.73. The molecule has 2 atom stereocenters. The fraction of sp³-hybridized carbons (Fsp3) is 0.450. The van der Waals surface area contributed by atoms with E-state index in [9.17, 15) is 18.0 Å². The Morgan fingerprint density at radius 3 is 2.50 bits per heavy atom. The highest BCUT2D eigenvalue weighted by molar-refractivity contribution is 7.09. The molecular weight excluding hydrogens is 419 g/mol. The second kappa shape index (κ2) is 8.73. The number of carbonyl (C=O) groups excluding carboxylic acids is 1. The number of carbonyl (C=O) groups is 2. The number of aliphatic carboxylic acids is 1. The van der Waals surface area contributed by atoms with E-state index in [0.717, 1.165) is 37.6 Å². The van der Waals surface area contributed by atoms with Crippen molar-refractivity contribution >= 4 is 23.2 Å². The van der Waals surface area contributed by atoms with Crippen LogP contribution in [0.25, 0.3) is 0 Å². The number of carboxylic acid groups (broad SMARTS) is 1. The lowest BCUT2D eigenvalue weighted by molar-refractivity contribution is -0.192. The maximum absolute atomic E-state index is 12.9. The van der Waals surface area contributed by atoms with Crippen LogP contribution in [0.15, 0.2) is 41.9 Å². The number of thiazole rings is 1. The van der Waals surface area contributed by atoms with Gasteiger partial charge in [0.15, 0.2) is 0 Å². The number of aromatic nitrogens is 1. The first kappa shape index (κ1) is 22.2. The average molecular weight is 441 g/mol. The van der Waals surface area contributed by atoms with Crippen molar-refractivity contribution in [3.63, 3.8) is 0 Å². The molecule has 0 unspecified atom stereocenters. The first-order chi connectivity index (χ1) is 14.1. The molecule has 1 spiro atoms. The standard InChI is InChI=1S/C18H21N3OS.C2HF3O2/c1-20-9-7-18(17(20)22)13-21(12-16-19-8-10-23-16)11-15(18)14-5-3-2-4-6-14;3-2(4,5)1(6)7/h2-6,8,10,15H,7,9,11-13H2,1H3;(H,6,7)/t15-,18+;/m0./s1. The summed E-state index contributed by atoms with van der Waals surface area (Å²) in [6.07, 6.45) is -2.27. The third-order valence-corrected chi connectivity index (χ3v) is 6.33. The van der Waals surface area contributed by atoms with Crippen LogP contribution in [0, 0.1) is 5.41 Å². The summed E-state index contributed by atoms with van der Waals surface area (Å²) in [4.78, 5) is 30.6. The molecule has 4 rings (SSSR count). The highest BCUT2D eigenvalue weighted by Crippen LogP contribution is 2.49. The molecule has 3 heterocycles. The molecule has 162 valence electrons. The van der Waals surface area contributed by atoms with Crippen LogP contribution in [0.1, 0.15) is 22.9 Å². The van der Waals surface area contributed by atoms with Crippen LogP contribution in [-0.4, -0.2) is 64.6 Å². The minimum absolute atomic E-state index is 0.257. The fourth-order valence-corrected chi connectivity index (χ4v) is 4.84. The quantitative estimate of drug-likeness (QED) is 0.792. The van der Waals surface area contributed by atoms with E-state index in [1.54, 1.807) is 11.3 Å². The van der Waals surface area contributed by atoms with Crippen LogP contribution in [0.2, 0.25) is 0 Å². The van der Waals surface area contributed by atoms with Crippen LogP contribution in [-0.2, 0) is 16.1 Å². The summed E-state index contributed by atoms with van der Waals surface area (Å²) >= 11 is 1.69. The van der Waals surface area contributed by atoms with Gasteiger partial charge in [-0.05, 0) is 12.0 Å². The molecule has 2 aliphatic heterocycles. The topological polar surface area (TPSA) is 73.7 Å². The zero-order valence-electron chi connectivity index (χ0n) is 16.3. The second-order valence-corrected chi connectivity index (χ2v) is 8.47. The predicted octanol–water partition coefficient (Wildman–Crippen LogP) is 3.22. The molecular formula is C20H22F3N3O3S. The smallest absolute Gasteiger partial charge is 0.475 e. The molecule has 6 nitrogen and oxygen atoms in total. The highest BCUT2D eigenvalue weighted by Gasteiger charge is 2.56. The van der Waals surface area contributed by atoms with Gasteiger partial charge in [-0.2, -0.15) is 13.2 Å². The van der Waals surface area contributed by atoms with Crippen molar-refractivity contribution in [2.45, 2.75) is 25.1 Å². The summed E-state index contributed by atoms with van der Waals surface area (Å²) in [7, 11) is 1.93. The number of hydrogen-bond donors (Lipinski definition) is 1. The van der Waals surface area contributed by atoms with Crippen molar-refractivity contribution in [1.82, 2.24) is 14.8 Å². The van der Waals surface area contributed by atoms with E-state index >= 15 is 0 Å². The second-order valence-electron chi connectivity index (χ2n) is 7.49. The van der Waals surface area contributed by atoms with Gasteiger partial charge in [-0.15, -0.1) is 11.3 Å². The van der Waals surface area contributed by atoms with Crippen molar-refractivity contribution in [2.75, 3.05) is 26.7 Å². The molecule has 1 N–H and O–H groups in total. The van der Waals surface area contributed by atoms with Crippen LogP contribution in [0.3, 0.4) is 0 Å². The monoisotopic (exact) mass is 441 g/mol. The highest BCUT2D eigenvalue weighted by atomic mass is 32.1. The van der Waals surface area contributed by atoms with Gasteiger partial charge < -0.3 is 10.0 Å². The van der Waals surface area contributed by atoms with Crippen LogP contribution in [0.4, 0.5) is 13.2 Å². The number of halogens is 3. The Morgan fingerprint density at radius 2 is 2.00 bits per heavy atom. The van der Waals surface area contributed by atoms with E-state index in [4.69, 9.17) is 9.90 Å². The molecule has 2 saturated heterocycles. The molecule has 2 fully saturated rings. The number of alkyl halides is 3. The summed E-state index contributed by atoms with van der Waals surface area (Å²) in [5.74, 6) is -2.17. The third kappa shape index (κ3) is 4.65. The Kier molecular flexibility index (Phi) is 6.47. The van der Waals surface area contributed by atoms with Gasteiger partial charge in [0.25, 0.3) is 0 Å². The van der Waals surface area contributed by atoms with E-state index in [1.807, 2.05) is 29.6 Å². The van der Waals surface area contributed by atoms with Crippen molar-refractivity contribution < 1.29 is 27.9 Å². The third-order valence-electron chi connectivity index (χ3n) is 5.57. The SMILES string of the molecule is CN1CC[C@]2(CN(Cc3nccs3)C[C@H]2c2ccccc2)C1=O.O=C(O)C(F)(F)F. The number of amides is 1. The normalized spacial score (nSPS) is 24.2. The van der Waals surface area contributed by atoms with Gasteiger partial charge in [-0.1, -0.05) is 30.3 Å². The number of likely N-dealkylation sites (tertiary alicyclic amines) is 2. The van der Waals surface area contributed by atoms with E-state index < -0.39 is 12.1 Å². The van der Waals surface area contributed by atoms with Crippen LogP contribution >= 0.6 is 11.3 Å².